The molecule has 2 amide bonds. The molecule has 0 aliphatic carbocycles. The van der Waals surface area contributed by atoms with Crippen molar-refractivity contribution in [2.75, 3.05) is 24.2 Å². The van der Waals surface area contributed by atoms with Crippen LogP contribution < -0.4 is 9.62 Å². The van der Waals surface area contributed by atoms with Crippen LogP contribution in [0.15, 0.2) is 48.5 Å². The first-order chi connectivity index (χ1) is 14.6. The minimum atomic E-state index is -3.88. The van der Waals surface area contributed by atoms with Gasteiger partial charge in [-0.2, -0.15) is 0 Å². The van der Waals surface area contributed by atoms with E-state index in [1.54, 1.807) is 6.92 Å². The van der Waals surface area contributed by atoms with Crippen molar-refractivity contribution >= 4 is 27.5 Å². The number of carbonyl (C=O) groups excluding carboxylic acids is 2. The van der Waals surface area contributed by atoms with Gasteiger partial charge in [-0.05, 0) is 37.1 Å². The van der Waals surface area contributed by atoms with E-state index in [0.717, 1.165) is 27.8 Å². The fourth-order valence-corrected chi connectivity index (χ4v) is 4.06. The Balaban J connectivity index is 2.41. The van der Waals surface area contributed by atoms with Crippen molar-refractivity contribution in [1.82, 2.24) is 10.2 Å². The number of anilines is 1. The highest BCUT2D eigenvalue weighted by Crippen LogP contribution is 2.20. The normalized spacial score (nSPS) is 12.2. The van der Waals surface area contributed by atoms with Gasteiger partial charge in [0.1, 0.15) is 18.4 Å². The second-order valence-electron chi connectivity index (χ2n) is 7.30. The first-order valence-electron chi connectivity index (χ1n) is 9.86. The highest BCUT2D eigenvalue weighted by atomic mass is 32.2. The van der Waals surface area contributed by atoms with Crippen LogP contribution in [0, 0.1) is 12.7 Å². The number of nitrogens with one attached hydrogen (secondary N) is 1. The molecule has 7 nitrogen and oxygen atoms in total. The molecule has 0 fully saturated rings. The van der Waals surface area contributed by atoms with Crippen molar-refractivity contribution < 1.29 is 22.4 Å². The Labute approximate surface area is 182 Å². The average Bonchev–Trinajstić information content (AvgIpc) is 2.72. The molecule has 0 bridgehead atoms. The van der Waals surface area contributed by atoms with E-state index in [2.05, 4.69) is 5.32 Å². The molecule has 0 aliphatic rings. The van der Waals surface area contributed by atoms with E-state index in [9.17, 15) is 22.4 Å². The third-order valence-corrected chi connectivity index (χ3v) is 6.02. The summed E-state index contributed by atoms with van der Waals surface area (Å²) in [5.74, 6) is -1.53. The molecule has 9 heteroatoms. The average molecular weight is 450 g/mol. The maximum atomic E-state index is 13.7. The Bertz CT molecular complexity index is 1030. The molecule has 168 valence electrons. The lowest BCUT2D eigenvalue weighted by Gasteiger charge is -2.32. The number of hydrogen-bond acceptors (Lipinski definition) is 4. The monoisotopic (exact) mass is 449 g/mol. The van der Waals surface area contributed by atoms with Gasteiger partial charge in [0.25, 0.3) is 0 Å². The lowest BCUT2D eigenvalue weighted by atomic mass is 10.1. The first kappa shape index (κ1) is 24.3. The molecule has 0 aliphatic heterocycles. The van der Waals surface area contributed by atoms with Crippen molar-refractivity contribution in [2.45, 2.75) is 32.9 Å². The molecule has 0 spiro atoms. The fraction of sp³-hybridized carbons (Fsp3) is 0.364. The van der Waals surface area contributed by atoms with Gasteiger partial charge in [0.15, 0.2) is 0 Å². The summed E-state index contributed by atoms with van der Waals surface area (Å²) in [7, 11) is -2.40. The number of amides is 2. The molecule has 0 saturated heterocycles. The number of benzene rings is 2. The molecule has 1 N–H and O–H groups in total. The van der Waals surface area contributed by atoms with E-state index in [1.165, 1.54) is 30.1 Å². The Morgan fingerprint density at radius 2 is 1.77 bits per heavy atom. The van der Waals surface area contributed by atoms with Crippen LogP contribution in [-0.4, -0.2) is 51.0 Å². The summed E-state index contributed by atoms with van der Waals surface area (Å²) < 4.78 is 39.3. The van der Waals surface area contributed by atoms with Gasteiger partial charge in [-0.1, -0.05) is 42.8 Å². The van der Waals surface area contributed by atoms with Crippen LogP contribution in [0.3, 0.4) is 0 Å². The SMILES string of the molecule is CC[C@H](C(=O)NC)N(Cc1ccc(C)cc1)C(=O)CN(c1cccc(F)c1)S(C)(=O)=O. The third kappa shape index (κ3) is 6.52. The minimum Gasteiger partial charge on any atom is -0.357 e. The van der Waals surface area contributed by atoms with Crippen molar-refractivity contribution in [2.24, 2.45) is 0 Å². The van der Waals surface area contributed by atoms with Crippen LogP contribution in [-0.2, 0) is 26.2 Å². The molecule has 0 aromatic heterocycles. The first-order valence-corrected chi connectivity index (χ1v) is 11.7. The van der Waals surface area contributed by atoms with Gasteiger partial charge in [0, 0.05) is 13.6 Å². The fourth-order valence-electron chi connectivity index (χ4n) is 3.22. The number of likely N-dealkylation sites (N-methyl/N-ethyl adjacent to an activating group) is 1. The maximum Gasteiger partial charge on any atom is 0.244 e. The molecule has 31 heavy (non-hydrogen) atoms. The predicted octanol–water partition coefficient (Wildman–Crippen LogP) is 2.45. The zero-order valence-corrected chi connectivity index (χ0v) is 18.9. The smallest absolute Gasteiger partial charge is 0.244 e. The number of rotatable bonds is 9. The summed E-state index contributed by atoms with van der Waals surface area (Å²) in [4.78, 5) is 27.1. The van der Waals surface area contributed by atoms with E-state index in [-0.39, 0.29) is 18.1 Å². The van der Waals surface area contributed by atoms with E-state index < -0.39 is 34.3 Å². The molecule has 2 aromatic rings. The van der Waals surface area contributed by atoms with E-state index in [0.29, 0.717) is 6.42 Å². The van der Waals surface area contributed by atoms with Crippen molar-refractivity contribution in [3.8, 4) is 0 Å². The number of nitrogens with zero attached hydrogens (tertiary/aromatic N) is 2. The van der Waals surface area contributed by atoms with Crippen LogP contribution in [0.1, 0.15) is 24.5 Å². The van der Waals surface area contributed by atoms with Crippen molar-refractivity contribution in [1.29, 1.82) is 0 Å². The van der Waals surface area contributed by atoms with Crippen LogP contribution in [0.25, 0.3) is 0 Å². The topological polar surface area (TPSA) is 86.8 Å². The van der Waals surface area contributed by atoms with Gasteiger partial charge in [0.05, 0.1) is 11.9 Å². The molecule has 0 saturated carbocycles. The Morgan fingerprint density at radius 1 is 1.13 bits per heavy atom. The summed E-state index contributed by atoms with van der Waals surface area (Å²) in [6.45, 7) is 3.29. The number of hydrogen-bond donors (Lipinski definition) is 1. The van der Waals surface area contributed by atoms with Crippen LogP contribution in [0.4, 0.5) is 10.1 Å². The number of halogens is 1. The summed E-state index contributed by atoms with van der Waals surface area (Å²) in [6, 6.07) is 11.7. The van der Waals surface area contributed by atoms with Crippen molar-refractivity contribution in [3.63, 3.8) is 0 Å². The van der Waals surface area contributed by atoms with Crippen molar-refractivity contribution in [3.05, 3.63) is 65.5 Å². The lowest BCUT2D eigenvalue weighted by molar-refractivity contribution is -0.140. The Hall–Kier alpha value is -2.94. The standard InChI is InChI=1S/C22H28FN3O4S/c1-5-20(22(28)24-3)25(14-17-11-9-16(2)10-12-17)21(27)15-26(31(4,29)30)19-8-6-7-18(23)13-19/h6-13,20H,5,14-15H2,1-4H3,(H,24,28)/t20-/m1/s1. The molecule has 1 atom stereocenters. The second kappa shape index (κ2) is 10.4. The van der Waals surface area contributed by atoms with E-state index in [1.807, 2.05) is 31.2 Å². The van der Waals surface area contributed by atoms with Crippen LogP contribution in [0.2, 0.25) is 0 Å². The van der Waals surface area contributed by atoms with E-state index >= 15 is 0 Å². The lowest BCUT2D eigenvalue weighted by Crippen LogP contribution is -2.51. The third-order valence-electron chi connectivity index (χ3n) is 4.88. The minimum absolute atomic E-state index is 0.0409. The van der Waals surface area contributed by atoms with Crippen LogP contribution in [0.5, 0.6) is 0 Å². The highest BCUT2D eigenvalue weighted by Gasteiger charge is 2.31. The predicted molar refractivity (Wildman–Crippen MR) is 118 cm³/mol. The quantitative estimate of drug-likeness (QED) is 0.637. The number of carbonyl (C=O) groups is 2. The Kier molecular flexibility index (Phi) is 8.15. The second-order valence-corrected chi connectivity index (χ2v) is 9.20. The zero-order valence-electron chi connectivity index (χ0n) is 18.1. The van der Waals surface area contributed by atoms with Gasteiger partial charge >= 0.3 is 0 Å². The largest absolute Gasteiger partial charge is 0.357 e. The van der Waals surface area contributed by atoms with E-state index in [4.69, 9.17) is 0 Å². The zero-order chi connectivity index (χ0) is 23.2. The molecule has 0 heterocycles. The maximum absolute atomic E-state index is 13.7. The van der Waals surface area contributed by atoms with Gasteiger partial charge in [-0.25, -0.2) is 12.8 Å². The molecular weight excluding hydrogens is 421 g/mol. The highest BCUT2D eigenvalue weighted by molar-refractivity contribution is 7.92. The molecular formula is C22H28FN3O4S. The molecule has 0 radical (unpaired) electrons. The Morgan fingerprint density at radius 3 is 2.29 bits per heavy atom. The molecule has 2 aromatic carbocycles. The summed E-state index contributed by atoms with van der Waals surface area (Å²) in [5, 5.41) is 2.55. The van der Waals surface area contributed by atoms with Gasteiger partial charge in [-0.15, -0.1) is 0 Å². The summed E-state index contributed by atoms with van der Waals surface area (Å²) in [6.07, 6.45) is 1.29. The summed E-state index contributed by atoms with van der Waals surface area (Å²) >= 11 is 0. The molecule has 2 rings (SSSR count). The molecule has 0 unspecified atom stereocenters. The van der Waals surface area contributed by atoms with Gasteiger partial charge < -0.3 is 10.2 Å². The van der Waals surface area contributed by atoms with Crippen LogP contribution >= 0.6 is 0 Å². The number of sulfonamides is 1. The van der Waals surface area contributed by atoms with Gasteiger partial charge in [0.2, 0.25) is 21.8 Å². The van der Waals surface area contributed by atoms with Gasteiger partial charge in [-0.3, -0.25) is 13.9 Å². The summed E-state index contributed by atoms with van der Waals surface area (Å²) in [5.41, 5.74) is 1.89. The number of aryl methyl sites for hydroxylation is 1.